The van der Waals surface area contributed by atoms with Gasteiger partial charge in [0.2, 0.25) is 5.91 Å². The fraction of sp³-hybridized carbons (Fsp3) is 0.188. The molecule has 0 fully saturated rings. The van der Waals surface area contributed by atoms with Crippen LogP contribution in [0.5, 0.6) is 0 Å². The van der Waals surface area contributed by atoms with Gasteiger partial charge < -0.3 is 10.1 Å². The van der Waals surface area contributed by atoms with Crippen LogP contribution in [-0.4, -0.2) is 28.0 Å². The van der Waals surface area contributed by atoms with Crippen LogP contribution in [0.3, 0.4) is 0 Å². The van der Waals surface area contributed by atoms with Gasteiger partial charge in [-0.1, -0.05) is 17.7 Å². The summed E-state index contributed by atoms with van der Waals surface area (Å²) in [6.45, 7) is 1.86. The van der Waals surface area contributed by atoms with Crippen molar-refractivity contribution in [2.45, 2.75) is 11.8 Å². The Bertz CT molecular complexity index is 769. The quantitative estimate of drug-likeness (QED) is 0.849. The van der Waals surface area contributed by atoms with Crippen molar-refractivity contribution in [3.63, 3.8) is 0 Å². The van der Waals surface area contributed by atoms with Gasteiger partial charge in [0.05, 0.1) is 4.90 Å². The highest BCUT2D eigenvalue weighted by Crippen LogP contribution is 2.18. The van der Waals surface area contributed by atoms with E-state index in [1.165, 1.54) is 31.4 Å². The third kappa shape index (κ3) is 4.80. The van der Waals surface area contributed by atoms with Gasteiger partial charge in [-0.3, -0.25) is 9.52 Å². The molecular formula is C16H18N2O4S. The second-order valence-corrected chi connectivity index (χ2v) is 6.66. The van der Waals surface area contributed by atoms with Crippen LogP contribution in [0.25, 0.3) is 0 Å². The summed E-state index contributed by atoms with van der Waals surface area (Å²) in [4.78, 5) is 11.5. The van der Waals surface area contributed by atoms with Crippen LogP contribution >= 0.6 is 0 Å². The van der Waals surface area contributed by atoms with Gasteiger partial charge in [0.1, 0.15) is 6.61 Å². The molecule has 0 radical (unpaired) electrons. The molecule has 0 aliphatic rings. The number of benzene rings is 2. The van der Waals surface area contributed by atoms with Crippen LogP contribution in [-0.2, 0) is 19.6 Å². The zero-order valence-electron chi connectivity index (χ0n) is 12.9. The van der Waals surface area contributed by atoms with E-state index in [4.69, 9.17) is 4.74 Å². The third-order valence-corrected chi connectivity index (χ3v) is 4.42. The number of aryl methyl sites for hydroxylation is 1. The molecule has 23 heavy (non-hydrogen) atoms. The van der Waals surface area contributed by atoms with Gasteiger partial charge in [-0.15, -0.1) is 0 Å². The highest BCUT2D eigenvalue weighted by atomic mass is 32.2. The first kappa shape index (κ1) is 17.0. The lowest BCUT2D eigenvalue weighted by molar-refractivity contribution is -0.119. The predicted octanol–water partition coefficient (Wildman–Crippen LogP) is 2.38. The van der Waals surface area contributed by atoms with Crippen molar-refractivity contribution in [2.24, 2.45) is 0 Å². The molecule has 0 atom stereocenters. The molecule has 2 aromatic rings. The molecule has 122 valence electrons. The Balaban J connectivity index is 2.11. The third-order valence-electron chi connectivity index (χ3n) is 3.03. The fourth-order valence-corrected chi connectivity index (χ4v) is 2.94. The van der Waals surface area contributed by atoms with Crippen LogP contribution in [0.15, 0.2) is 53.4 Å². The molecule has 6 nitrogen and oxygen atoms in total. The number of hydrogen-bond donors (Lipinski definition) is 2. The minimum Gasteiger partial charge on any atom is -0.375 e. The molecule has 0 saturated carbocycles. The largest absolute Gasteiger partial charge is 0.375 e. The molecule has 0 unspecified atom stereocenters. The van der Waals surface area contributed by atoms with Crippen molar-refractivity contribution in [3.05, 3.63) is 54.1 Å². The van der Waals surface area contributed by atoms with Gasteiger partial charge >= 0.3 is 0 Å². The second-order valence-electron chi connectivity index (χ2n) is 4.98. The van der Waals surface area contributed by atoms with E-state index >= 15 is 0 Å². The predicted molar refractivity (Wildman–Crippen MR) is 88.9 cm³/mol. The van der Waals surface area contributed by atoms with Crippen LogP contribution in [0.2, 0.25) is 0 Å². The zero-order chi connectivity index (χ0) is 16.9. The standard InChI is InChI=1S/C16H18N2O4S/c1-12-3-5-14(6-4-12)18-23(20,21)15-9-7-13(8-10-15)17-16(19)11-22-2/h3-10,18H,11H2,1-2H3,(H,17,19). The van der Waals surface area contributed by atoms with Gasteiger partial charge in [-0.05, 0) is 43.3 Å². The van der Waals surface area contributed by atoms with Crippen LogP contribution in [0, 0.1) is 6.92 Å². The second kappa shape index (κ2) is 7.26. The van der Waals surface area contributed by atoms with E-state index in [9.17, 15) is 13.2 Å². The molecular weight excluding hydrogens is 316 g/mol. The van der Waals surface area contributed by atoms with E-state index in [0.717, 1.165) is 5.56 Å². The van der Waals surface area contributed by atoms with Crippen LogP contribution in [0.1, 0.15) is 5.56 Å². The topological polar surface area (TPSA) is 84.5 Å². The SMILES string of the molecule is COCC(=O)Nc1ccc(S(=O)(=O)Nc2ccc(C)cc2)cc1. The van der Waals surface area contributed by atoms with Gasteiger partial charge in [-0.25, -0.2) is 8.42 Å². The number of hydrogen-bond acceptors (Lipinski definition) is 4. The van der Waals surface area contributed by atoms with Crippen molar-refractivity contribution in [1.82, 2.24) is 0 Å². The van der Waals surface area contributed by atoms with E-state index in [0.29, 0.717) is 11.4 Å². The van der Waals surface area contributed by atoms with E-state index in [2.05, 4.69) is 10.0 Å². The summed E-state index contributed by atoms with van der Waals surface area (Å²) in [6.07, 6.45) is 0. The van der Waals surface area contributed by atoms with Crippen molar-refractivity contribution in [1.29, 1.82) is 0 Å². The lowest BCUT2D eigenvalue weighted by Crippen LogP contribution is -2.17. The summed E-state index contributed by atoms with van der Waals surface area (Å²) in [7, 11) is -2.25. The Morgan fingerprint density at radius 3 is 2.13 bits per heavy atom. The lowest BCUT2D eigenvalue weighted by atomic mass is 10.2. The van der Waals surface area contributed by atoms with Gasteiger partial charge in [0.15, 0.2) is 0 Å². The summed E-state index contributed by atoms with van der Waals surface area (Å²) < 4.78 is 31.8. The number of carbonyl (C=O) groups is 1. The van der Waals surface area contributed by atoms with E-state index in [-0.39, 0.29) is 17.4 Å². The number of carbonyl (C=O) groups excluding carboxylic acids is 1. The Morgan fingerprint density at radius 1 is 1.00 bits per heavy atom. The Labute approximate surface area is 135 Å². The van der Waals surface area contributed by atoms with Crippen molar-refractivity contribution in [2.75, 3.05) is 23.8 Å². The first-order valence-electron chi connectivity index (χ1n) is 6.89. The number of anilines is 2. The summed E-state index contributed by atoms with van der Waals surface area (Å²) in [5.74, 6) is -0.305. The fourth-order valence-electron chi connectivity index (χ4n) is 1.88. The molecule has 2 aromatic carbocycles. The summed E-state index contributed by atoms with van der Waals surface area (Å²) in [6, 6.07) is 13.0. The minimum atomic E-state index is -3.67. The maximum absolute atomic E-state index is 12.3. The number of sulfonamides is 1. The molecule has 0 aliphatic carbocycles. The normalized spacial score (nSPS) is 11.0. The maximum Gasteiger partial charge on any atom is 0.261 e. The molecule has 2 rings (SSSR count). The van der Waals surface area contributed by atoms with E-state index in [1.807, 2.05) is 19.1 Å². The maximum atomic E-state index is 12.3. The molecule has 0 bridgehead atoms. The minimum absolute atomic E-state index is 0.0605. The van der Waals surface area contributed by atoms with E-state index in [1.54, 1.807) is 12.1 Å². The van der Waals surface area contributed by atoms with Crippen molar-refractivity contribution < 1.29 is 17.9 Å². The first-order valence-corrected chi connectivity index (χ1v) is 8.37. The molecule has 7 heteroatoms. The highest BCUT2D eigenvalue weighted by molar-refractivity contribution is 7.92. The van der Waals surface area contributed by atoms with Gasteiger partial charge in [0, 0.05) is 18.5 Å². The van der Waals surface area contributed by atoms with Crippen molar-refractivity contribution >= 4 is 27.3 Å². The monoisotopic (exact) mass is 334 g/mol. The smallest absolute Gasteiger partial charge is 0.261 e. The number of methoxy groups -OCH3 is 1. The zero-order valence-corrected chi connectivity index (χ0v) is 13.7. The lowest BCUT2D eigenvalue weighted by Gasteiger charge is -2.09. The Kier molecular flexibility index (Phi) is 5.36. The average Bonchev–Trinajstić information content (AvgIpc) is 2.50. The molecule has 0 aromatic heterocycles. The van der Waals surface area contributed by atoms with E-state index < -0.39 is 10.0 Å². The Morgan fingerprint density at radius 2 is 1.57 bits per heavy atom. The molecule has 0 heterocycles. The Hall–Kier alpha value is -2.38. The molecule has 0 saturated heterocycles. The first-order chi connectivity index (χ1) is 10.9. The van der Waals surface area contributed by atoms with Gasteiger partial charge in [-0.2, -0.15) is 0 Å². The summed E-state index contributed by atoms with van der Waals surface area (Å²) in [5.41, 5.74) is 2.04. The van der Waals surface area contributed by atoms with Crippen LogP contribution in [0.4, 0.5) is 11.4 Å². The number of rotatable bonds is 6. The molecule has 1 amide bonds. The molecule has 0 aliphatic heterocycles. The summed E-state index contributed by atoms with van der Waals surface area (Å²) >= 11 is 0. The van der Waals surface area contributed by atoms with Crippen molar-refractivity contribution in [3.8, 4) is 0 Å². The molecule has 0 spiro atoms. The molecule has 2 N–H and O–H groups in total. The summed E-state index contributed by atoms with van der Waals surface area (Å²) in [5, 5.41) is 2.60. The number of ether oxygens (including phenoxy) is 1. The van der Waals surface area contributed by atoms with Gasteiger partial charge in [0.25, 0.3) is 10.0 Å². The average molecular weight is 334 g/mol. The number of nitrogens with one attached hydrogen (secondary N) is 2. The van der Waals surface area contributed by atoms with Crippen LogP contribution < -0.4 is 10.0 Å². The highest BCUT2D eigenvalue weighted by Gasteiger charge is 2.14. The number of amides is 1.